The molecular weight excluding hydrogens is 282 g/mol. The molecule has 0 atom stereocenters. The van der Waals surface area contributed by atoms with E-state index in [0.717, 1.165) is 0 Å². The predicted octanol–water partition coefficient (Wildman–Crippen LogP) is 2.36. The van der Waals surface area contributed by atoms with Crippen molar-refractivity contribution in [2.75, 3.05) is 13.2 Å². The molecule has 0 unspecified atom stereocenters. The molecule has 0 aliphatic carbocycles. The molecule has 0 amide bonds. The Morgan fingerprint density at radius 2 is 1.64 bits per heavy atom. The van der Waals surface area contributed by atoms with Gasteiger partial charge in [-0.25, -0.2) is 4.79 Å². The van der Waals surface area contributed by atoms with Crippen LogP contribution in [-0.2, 0) is 9.53 Å². The minimum atomic E-state index is -0.669. The van der Waals surface area contributed by atoms with Gasteiger partial charge in [0.15, 0.2) is 19.0 Å². The van der Waals surface area contributed by atoms with E-state index in [4.69, 9.17) is 14.7 Å². The molecule has 2 rings (SSSR count). The number of hydrogen-bond acceptors (Lipinski definition) is 5. The number of para-hydroxylation sites is 1. The fourth-order valence-electron chi connectivity index (χ4n) is 1.72. The van der Waals surface area contributed by atoms with Crippen molar-refractivity contribution in [1.82, 2.24) is 0 Å². The summed E-state index contributed by atoms with van der Waals surface area (Å²) < 4.78 is 10.1. The molecule has 110 valence electrons. The van der Waals surface area contributed by atoms with E-state index in [0.29, 0.717) is 16.9 Å². The maximum Gasteiger partial charge on any atom is 0.344 e. The normalized spacial score (nSPS) is 9.59. The number of hydrogen-bond donors (Lipinski definition) is 0. The highest BCUT2D eigenvalue weighted by molar-refractivity contribution is 5.97. The maximum atomic E-state index is 11.8. The Kier molecular flexibility index (Phi) is 5.27. The predicted molar refractivity (Wildman–Crippen MR) is 78.4 cm³/mol. The van der Waals surface area contributed by atoms with Crippen molar-refractivity contribution in [3.63, 3.8) is 0 Å². The van der Waals surface area contributed by atoms with Gasteiger partial charge in [-0.15, -0.1) is 0 Å². The van der Waals surface area contributed by atoms with Gasteiger partial charge in [0, 0.05) is 5.56 Å². The molecule has 2 aromatic carbocycles. The molecule has 0 saturated heterocycles. The Morgan fingerprint density at radius 1 is 0.955 bits per heavy atom. The zero-order chi connectivity index (χ0) is 15.8. The summed E-state index contributed by atoms with van der Waals surface area (Å²) in [7, 11) is 0. The number of ether oxygens (including phenoxy) is 2. The maximum absolute atomic E-state index is 11.8. The van der Waals surface area contributed by atoms with Crippen LogP contribution in [0.3, 0.4) is 0 Å². The standard InChI is InChI=1S/C17H13NO4/c18-10-14-8-4-5-9-16(14)21-12-17(20)22-11-15(19)13-6-2-1-3-7-13/h1-9H,11-12H2. The Morgan fingerprint density at radius 3 is 2.36 bits per heavy atom. The molecule has 0 saturated carbocycles. The van der Waals surface area contributed by atoms with E-state index in [2.05, 4.69) is 0 Å². The summed E-state index contributed by atoms with van der Waals surface area (Å²) in [5.41, 5.74) is 0.807. The van der Waals surface area contributed by atoms with Gasteiger partial charge in [-0.1, -0.05) is 42.5 Å². The molecule has 0 N–H and O–H groups in total. The first-order valence-corrected chi connectivity index (χ1v) is 6.56. The SMILES string of the molecule is N#Cc1ccccc1OCC(=O)OCC(=O)c1ccccc1. The third kappa shape index (κ3) is 4.18. The Hall–Kier alpha value is -3.13. The molecule has 0 aliphatic heterocycles. The fourth-order valence-corrected chi connectivity index (χ4v) is 1.72. The number of rotatable bonds is 6. The van der Waals surface area contributed by atoms with E-state index < -0.39 is 5.97 Å². The molecule has 0 fully saturated rings. The second kappa shape index (κ2) is 7.60. The molecule has 0 heterocycles. The van der Waals surface area contributed by atoms with Crippen LogP contribution in [0.5, 0.6) is 5.75 Å². The second-order valence-corrected chi connectivity index (χ2v) is 4.35. The molecule has 0 radical (unpaired) electrons. The van der Waals surface area contributed by atoms with Crippen molar-refractivity contribution in [2.45, 2.75) is 0 Å². The van der Waals surface area contributed by atoms with E-state index >= 15 is 0 Å². The number of carbonyl (C=O) groups is 2. The third-order valence-corrected chi connectivity index (χ3v) is 2.81. The number of Topliss-reactive ketones (excluding diaryl/α,β-unsaturated/α-hetero) is 1. The fraction of sp³-hybridized carbons (Fsp3) is 0.118. The number of nitriles is 1. The minimum absolute atomic E-state index is 0.286. The summed E-state index contributed by atoms with van der Waals surface area (Å²) in [6, 6.07) is 17.1. The van der Waals surface area contributed by atoms with Crippen LogP contribution in [0.25, 0.3) is 0 Å². The van der Waals surface area contributed by atoms with E-state index in [1.165, 1.54) is 0 Å². The van der Waals surface area contributed by atoms with Gasteiger partial charge in [0.1, 0.15) is 11.8 Å². The summed E-state index contributed by atoms with van der Waals surface area (Å²) in [5, 5.41) is 8.90. The van der Waals surface area contributed by atoms with Crippen molar-refractivity contribution >= 4 is 11.8 Å². The average Bonchev–Trinajstić information content (AvgIpc) is 2.58. The van der Waals surface area contributed by atoms with Crippen LogP contribution in [0, 0.1) is 11.3 Å². The molecule has 0 spiro atoms. The average molecular weight is 295 g/mol. The zero-order valence-corrected chi connectivity index (χ0v) is 11.7. The van der Waals surface area contributed by atoms with Gasteiger partial charge in [-0.2, -0.15) is 5.26 Å². The minimum Gasteiger partial charge on any atom is -0.481 e. The Balaban J connectivity index is 1.81. The van der Waals surface area contributed by atoms with Crippen molar-refractivity contribution in [3.8, 4) is 11.8 Å². The lowest BCUT2D eigenvalue weighted by Gasteiger charge is -2.07. The van der Waals surface area contributed by atoms with Crippen LogP contribution in [0.4, 0.5) is 0 Å². The van der Waals surface area contributed by atoms with Crippen molar-refractivity contribution in [3.05, 3.63) is 65.7 Å². The van der Waals surface area contributed by atoms with Crippen LogP contribution >= 0.6 is 0 Å². The zero-order valence-electron chi connectivity index (χ0n) is 11.7. The molecule has 5 heteroatoms. The lowest BCUT2D eigenvalue weighted by Crippen LogP contribution is -2.19. The summed E-state index contributed by atoms with van der Waals surface area (Å²) in [6.45, 7) is -0.702. The largest absolute Gasteiger partial charge is 0.481 e. The molecule has 2 aromatic rings. The van der Waals surface area contributed by atoms with Gasteiger partial charge in [0.2, 0.25) is 0 Å². The van der Waals surface area contributed by atoms with Crippen LogP contribution in [0.2, 0.25) is 0 Å². The molecule has 5 nitrogen and oxygen atoms in total. The number of ketones is 1. The summed E-state index contributed by atoms with van der Waals surface area (Å²) >= 11 is 0. The van der Waals surface area contributed by atoms with Crippen molar-refractivity contribution in [1.29, 1.82) is 5.26 Å². The van der Waals surface area contributed by atoms with Gasteiger partial charge in [0.05, 0.1) is 5.56 Å². The summed E-state index contributed by atoms with van der Waals surface area (Å²) in [5.74, 6) is -0.653. The lowest BCUT2D eigenvalue weighted by atomic mass is 10.1. The number of esters is 1. The highest BCUT2D eigenvalue weighted by Crippen LogP contribution is 2.16. The molecule has 0 aliphatic rings. The van der Waals surface area contributed by atoms with E-state index in [-0.39, 0.29) is 19.0 Å². The summed E-state index contributed by atoms with van der Waals surface area (Å²) in [4.78, 5) is 23.3. The second-order valence-electron chi connectivity index (χ2n) is 4.35. The van der Waals surface area contributed by atoms with Gasteiger partial charge >= 0.3 is 5.97 Å². The van der Waals surface area contributed by atoms with Gasteiger partial charge in [0.25, 0.3) is 0 Å². The summed E-state index contributed by atoms with van der Waals surface area (Å²) in [6.07, 6.45) is 0. The Labute approximate surface area is 127 Å². The first-order valence-electron chi connectivity index (χ1n) is 6.56. The molecule has 0 bridgehead atoms. The lowest BCUT2D eigenvalue weighted by molar-refractivity contribution is -0.144. The molecule has 22 heavy (non-hydrogen) atoms. The first-order chi connectivity index (χ1) is 10.7. The number of carbonyl (C=O) groups excluding carboxylic acids is 2. The smallest absolute Gasteiger partial charge is 0.344 e. The molecular formula is C17H13NO4. The van der Waals surface area contributed by atoms with Crippen LogP contribution in [0.1, 0.15) is 15.9 Å². The quantitative estimate of drug-likeness (QED) is 0.604. The van der Waals surface area contributed by atoms with Crippen molar-refractivity contribution < 1.29 is 19.1 Å². The molecule has 0 aromatic heterocycles. The van der Waals surface area contributed by atoms with E-state index in [9.17, 15) is 9.59 Å². The van der Waals surface area contributed by atoms with Crippen LogP contribution < -0.4 is 4.74 Å². The highest BCUT2D eigenvalue weighted by atomic mass is 16.6. The van der Waals surface area contributed by atoms with Gasteiger partial charge in [-0.3, -0.25) is 4.79 Å². The third-order valence-electron chi connectivity index (χ3n) is 2.81. The Bertz CT molecular complexity index is 704. The van der Waals surface area contributed by atoms with Gasteiger partial charge < -0.3 is 9.47 Å². The topological polar surface area (TPSA) is 76.4 Å². The van der Waals surface area contributed by atoms with Gasteiger partial charge in [-0.05, 0) is 12.1 Å². The van der Waals surface area contributed by atoms with E-state index in [1.807, 2.05) is 6.07 Å². The van der Waals surface area contributed by atoms with Crippen LogP contribution in [0.15, 0.2) is 54.6 Å². The number of nitrogens with zero attached hydrogens (tertiary/aromatic N) is 1. The van der Waals surface area contributed by atoms with Crippen molar-refractivity contribution in [2.24, 2.45) is 0 Å². The highest BCUT2D eigenvalue weighted by Gasteiger charge is 2.11. The monoisotopic (exact) mass is 295 g/mol. The number of benzene rings is 2. The van der Waals surface area contributed by atoms with Crippen LogP contribution in [-0.4, -0.2) is 25.0 Å². The first kappa shape index (κ1) is 15.3. The van der Waals surface area contributed by atoms with E-state index in [1.54, 1.807) is 54.6 Å².